The van der Waals surface area contributed by atoms with E-state index in [1.165, 1.54) is 6.42 Å². The number of nitrogens with two attached hydrogens (primary N) is 1. The SMILES string of the molecule is CN(C)C(=O)c1ccc(N)cc1N1CCCC(C)(C)CC1. The van der Waals surface area contributed by atoms with Crippen molar-refractivity contribution < 1.29 is 4.79 Å². The minimum atomic E-state index is 0.0357. The largest absolute Gasteiger partial charge is 0.399 e. The molecule has 0 atom stereocenters. The second-order valence-corrected chi connectivity index (χ2v) is 6.98. The predicted octanol–water partition coefficient (Wildman–Crippen LogP) is 2.99. The zero-order valence-electron chi connectivity index (χ0n) is 13.6. The van der Waals surface area contributed by atoms with Gasteiger partial charge in [-0.25, -0.2) is 0 Å². The van der Waals surface area contributed by atoms with Crippen molar-refractivity contribution in [3.8, 4) is 0 Å². The van der Waals surface area contributed by atoms with Crippen LogP contribution in [0.1, 0.15) is 43.5 Å². The van der Waals surface area contributed by atoms with Gasteiger partial charge in [0.15, 0.2) is 0 Å². The standard InChI is InChI=1S/C17H27N3O/c1-17(2)8-5-10-20(11-9-17)15-12-13(18)6-7-14(15)16(21)19(3)4/h6-7,12H,5,8-11,18H2,1-4H3. The first kappa shape index (κ1) is 15.7. The molecule has 4 heteroatoms. The van der Waals surface area contributed by atoms with Crippen LogP contribution in [-0.2, 0) is 0 Å². The Morgan fingerprint density at radius 1 is 1.24 bits per heavy atom. The average molecular weight is 289 g/mol. The molecule has 2 rings (SSSR count). The highest BCUT2D eigenvalue weighted by molar-refractivity contribution is 6.00. The van der Waals surface area contributed by atoms with Gasteiger partial charge in [0.2, 0.25) is 0 Å². The molecule has 116 valence electrons. The number of carbonyl (C=O) groups excluding carboxylic acids is 1. The summed E-state index contributed by atoms with van der Waals surface area (Å²) >= 11 is 0. The Bertz CT molecular complexity index is 523. The number of nitrogens with zero attached hydrogens (tertiary/aromatic N) is 2. The highest BCUT2D eigenvalue weighted by atomic mass is 16.2. The first-order chi connectivity index (χ1) is 9.80. The number of amides is 1. The normalized spacial score (nSPS) is 18.2. The van der Waals surface area contributed by atoms with Gasteiger partial charge in [0, 0.05) is 32.9 Å². The highest BCUT2D eigenvalue weighted by Gasteiger charge is 2.25. The van der Waals surface area contributed by atoms with E-state index in [0.29, 0.717) is 11.1 Å². The molecule has 21 heavy (non-hydrogen) atoms. The third kappa shape index (κ3) is 3.69. The van der Waals surface area contributed by atoms with Gasteiger partial charge in [-0.2, -0.15) is 0 Å². The van der Waals surface area contributed by atoms with Crippen LogP contribution in [0, 0.1) is 5.41 Å². The van der Waals surface area contributed by atoms with Crippen LogP contribution in [0.25, 0.3) is 0 Å². The van der Waals surface area contributed by atoms with Gasteiger partial charge in [-0.1, -0.05) is 13.8 Å². The molecule has 1 saturated heterocycles. The lowest BCUT2D eigenvalue weighted by molar-refractivity contribution is 0.0828. The number of nitrogen functional groups attached to an aromatic ring is 1. The fourth-order valence-electron chi connectivity index (χ4n) is 2.90. The van der Waals surface area contributed by atoms with Gasteiger partial charge in [-0.3, -0.25) is 4.79 Å². The molecular formula is C17H27N3O. The molecule has 1 aromatic carbocycles. The summed E-state index contributed by atoms with van der Waals surface area (Å²) in [6.45, 7) is 6.61. The van der Waals surface area contributed by atoms with Crippen LogP contribution in [0.3, 0.4) is 0 Å². The van der Waals surface area contributed by atoms with Crippen molar-refractivity contribution in [1.82, 2.24) is 4.90 Å². The smallest absolute Gasteiger partial charge is 0.255 e. The maximum atomic E-state index is 12.4. The summed E-state index contributed by atoms with van der Waals surface area (Å²) in [5.74, 6) is 0.0357. The van der Waals surface area contributed by atoms with Crippen LogP contribution < -0.4 is 10.6 Å². The molecule has 1 aliphatic rings. The molecule has 1 aliphatic heterocycles. The molecule has 0 saturated carbocycles. The zero-order valence-corrected chi connectivity index (χ0v) is 13.6. The van der Waals surface area contributed by atoms with Crippen molar-refractivity contribution in [3.05, 3.63) is 23.8 Å². The summed E-state index contributed by atoms with van der Waals surface area (Å²) in [7, 11) is 3.57. The Morgan fingerprint density at radius 2 is 1.95 bits per heavy atom. The van der Waals surface area contributed by atoms with Gasteiger partial charge < -0.3 is 15.5 Å². The predicted molar refractivity (Wildman–Crippen MR) is 88.7 cm³/mol. The van der Waals surface area contributed by atoms with Gasteiger partial charge in [0.1, 0.15) is 0 Å². The molecule has 2 N–H and O–H groups in total. The molecule has 1 amide bonds. The van der Waals surface area contributed by atoms with Gasteiger partial charge in [0.05, 0.1) is 11.3 Å². The summed E-state index contributed by atoms with van der Waals surface area (Å²) in [6.07, 6.45) is 3.51. The molecule has 0 aliphatic carbocycles. The maximum absolute atomic E-state index is 12.4. The van der Waals surface area contributed by atoms with Crippen molar-refractivity contribution in [3.63, 3.8) is 0 Å². The Labute approximate surface area is 127 Å². The molecule has 0 spiro atoms. The van der Waals surface area contributed by atoms with Crippen LogP contribution >= 0.6 is 0 Å². The number of rotatable bonds is 2. The zero-order chi connectivity index (χ0) is 15.6. The fourth-order valence-corrected chi connectivity index (χ4v) is 2.90. The summed E-state index contributed by atoms with van der Waals surface area (Å²) in [5, 5.41) is 0. The van der Waals surface area contributed by atoms with Crippen molar-refractivity contribution >= 4 is 17.3 Å². The lowest BCUT2D eigenvalue weighted by Crippen LogP contribution is -2.29. The van der Waals surface area contributed by atoms with E-state index in [1.807, 2.05) is 18.2 Å². The lowest BCUT2D eigenvalue weighted by atomic mass is 9.85. The summed E-state index contributed by atoms with van der Waals surface area (Å²) in [5.41, 5.74) is 8.76. The first-order valence-electron chi connectivity index (χ1n) is 7.66. The van der Waals surface area contributed by atoms with Crippen molar-refractivity contribution in [2.75, 3.05) is 37.8 Å². The summed E-state index contributed by atoms with van der Waals surface area (Å²) < 4.78 is 0. The molecular weight excluding hydrogens is 262 g/mol. The number of hydrogen-bond donors (Lipinski definition) is 1. The van der Waals surface area contributed by atoms with Crippen LogP contribution in [0.5, 0.6) is 0 Å². The summed E-state index contributed by atoms with van der Waals surface area (Å²) in [4.78, 5) is 16.3. The second kappa shape index (κ2) is 5.96. The van der Waals surface area contributed by atoms with Crippen molar-refractivity contribution in [1.29, 1.82) is 0 Å². The minimum Gasteiger partial charge on any atom is -0.399 e. The van der Waals surface area contributed by atoms with Gasteiger partial charge in [-0.05, 0) is 42.9 Å². The molecule has 1 heterocycles. The van der Waals surface area contributed by atoms with E-state index >= 15 is 0 Å². The minimum absolute atomic E-state index is 0.0357. The van der Waals surface area contributed by atoms with E-state index in [0.717, 1.165) is 37.2 Å². The van der Waals surface area contributed by atoms with Crippen molar-refractivity contribution in [2.45, 2.75) is 33.1 Å². The Hall–Kier alpha value is -1.71. The monoisotopic (exact) mass is 289 g/mol. The van der Waals surface area contributed by atoms with Crippen molar-refractivity contribution in [2.24, 2.45) is 5.41 Å². The quantitative estimate of drug-likeness (QED) is 0.852. The molecule has 0 aromatic heterocycles. The molecule has 0 bridgehead atoms. The Kier molecular flexibility index (Phi) is 4.45. The van der Waals surface area contributed by atoms with Crippen LogP contribution in [-0.4, -0.2) is 38.0 Å². The molecule has 1 fully saturated rings. The number of anilines is 2. The van der Waals surface area contributed by atoms with Crippen LogP contribution in [0.4, 0.5) is 11.4 Å². The van der Waals surface area contributed by atoms with Crippen LogP contribution in [0.15, 0.2) is 18.2 Å². The number of hydrogen-bond acceptors (Lipinski definition) is 3. The topological polar surface area (TPSA) is 49.6 Å². The van der Waals surface area contributed by atoms with E-state index in [9.17, 15) is 4.79 Å². The summed E-state index contributed by atoms with van der Waals surface area (Å²) in [6, 6.07) is 5.60. The van der Waals surface area contributed by atoms with E-state index < -0.39 is 0 Å². The fraction of sp³-hybridized carbons (Fsp3) is 0.588. The van der Waals surface area contributed by atoms with Gasteiger partial charge in [-0.15, -0.1) is 0 Å². The lowest BCUT2D eigenvalue weighted by Gasteiger charge is -2.27. The Balaban J connectivity index is 2.33. The molecule has 4 nitrogen and oxygen atoms in total. The van der Waals surface area contributed by atoms with Gasteiger partial charge in [0.25, 0.3) is 5.91 Å². The van der Waals surface area contributed by atoms with E-state index in [4.69, 9.17) is 5.73 Å². The van der Waals surface area contributed by atoms with Gasteiger partial charge >= 0.3 is 0 Å². The number of benzene rings is 1. The second-order valence-electron chi connectivity index (χ2n) is 6.98. The maximum Gasteiger partial charge on any atom is 0.255 e. The first-order valence-corrected chi connectivity index (χ1v) is 7.66. The van der Waals surface area contributed by atoms with E-state index in [1.54, 1.807) is 19.0 Å². The third-order valence-corrected chi connectivity index (χ3v) is 4.34. The third-order valence-electron chi connectivity index (χ3n) is 4.34. The van der Waals surface area contributed by atoms with E-state index in [-0.39, 0.29) is 5.91 Å². The Morgan fingerprint density at radius 3 is 2.62 bits per heavy atom. The van der Waals surface area contributed by atoms with E-state index in [2.05, 4.69) is 18.7 Å². The average Bonchev–Trinajstić information content (AvgIpc) is 2.58. The molecule has 0 radical (unpaired) electrons. The highest BCUT2D eigenvalue weighted by Crippen LogP contribution is 2.33. The molecule has 0 unspecified atom stereocenters. The van der Waals surface area contributed by atoms with Crippen LogP contribution in [0.2, 0.25) is 0 Å². The molecule has 1 aromatic rings. The number of carbonyl (C=O) groups is 1.